The van der Waals surface area contributed by atoms with E-state index in [1.165, 1.54) is 13.3 Å². The van der Waals surface area contributed by atoms with E-state index in [0.29, 0.717) is 37.3 Å². The maximum Gasteiger partial charge on any atom is 0.319 e. The Balaban J connectivity index is 1.64. The van der Waals surface area contributed by atoms with Crippen molar-refractivity contribution in [3.63, 3.8) is 0 Å². The number of fused-ring (bicyclic) bond motifs is 1. The SMILES string of the molecule is COC(=O)C1CCCN(c2nc(OC[C@@H]3CCCN3C)nc3c(F)c(Cl)ncc23)CC1. The molecule has 0 N–H and O–H groups in total. The lowest BCUT2D eigenvalue weighted by Crippen LogP contribution is -2.31. The summed E-state index contributed by atoms with van der Waals surface area (Å²) in [5.74, 6) is -0.485. The van der Waals surface area contributed by atoms with E-state index >= 15 is 0 Å². The maximum atomic E-state index is 14.8. The van der Waals surface area contributed by atoms with E-state index in [1.54, 1.807) is 0 Å². The van der Waals surface area contributed by atoms with Crippen molar-refractivity contribution in [2.45, 2.75) is 38.1 Å². The number of anilines is 1. The van der Waals surface area contributed by atoms with Crippen molar-refractivity contribution in [3.8, 4) is 6.01 Å². The lowest BCUT2D eigenvalue weighted by molar-refractivity contribution is -0.145. The number of rotatable bonds is 5. The molecule has 1 unspecified atom stereocenters. The van der Waals surface area contributed by atoms with Crippen LogP contribution < -0.4 is 9.64 Å². The van der Waals surface area contributed by atoms with Crippen LogP contribution in [0.25, 0.3) is 10.9 Å². The molecule has 0 bridgehead atoms. The highest BCUT2D eigenvalue weighted by Crippen LogP contribution is 2.32. The Morgan fingerprint density at radius 1 is 1.23 bits per heavy atom. The van der Waals surface area contributed by atoms with E-state index in [0.717, 1.165) is 32.2 Å². The molecule has 2 fully saturated rings. The molecule has 2 aliphatic heterocycles. The van der Waals surface area contributed by atoms with Crippen LogP contribution in [0.1, 0.15) is 32.1 Å². The number of pyridine rings is 1. The first-order chi connectivity index (χ1) is 15.0. The molecule has 10 heteroatoms. The van der Waals surface area contributed by atoms with Crippen LogP contribution in [0.2, 0.25) is 5.15 Å². The molecule has 4 rings (SSSR count). The number of carbonyl (C=O) groups is 1. The second-order valence-corrected chi connectivity index (χ2v) is 8.54. The fourth-order valence-corrected chi connectivity index (χ4v) is 4.51. The number of esters is 1. The van der Waals surface area contributed by atoms with Gasteiger partial charge in [-0.05, 0) is 45.7 Å². The second kappa shape index (κ2) is 9.48. The molecule has 0 radical (unpaired) electrons. The fraction of sp³-hybridized carbons (Fsp3) is 0.619. The van der Waals surface area contributed by atoms with Crippen molar-refractivity contribution >= 4 is 34.3 Å². The Bertz CT molecular complexity index is 962. The average Bonchev–Trinajstić information content (AvgIpc) is 3.03. The van der Waals surface area contributed by atoms with Crippen LogP contribution in [0.15, 0.2) is 6.20 Å². The lowest BCUT2D eigenvalue weighted by Gasteiger charge is -2.24. The standard InChI is InChI=1S/C21H27ClFN5O3/c1-27-8-4-6-14(27)12-31-21-25-17-15(11-24-18(22)16(17)23)19(26-21)28-9-3-5-13(7-10-28)20(29)30-2/h11,13-14H,3-10,12H2,1-2H3/t13?,14-/m0/s1. The third-order valence-electron chi connectivity index (χ3n) is 6.24. The van der Waals surface area contributed by atoms with E-state index in [9.17, 15) is 9.18 Å². The van der Waals surface area contributed by atoms with Crippen LogP contribution in [0.5, 0.6) is 6.01 Å². The molecule has 2 aliphatic rings. The largest absolute Gasteiger partial charge is 0.469 e. The van der Waals surface area contributed by atoms with Crippen molar-refractivity contribution in [3.05, 3.63) is 17.2 Å². The van der Waals surface area contributed by atoms with Gasteiger partial charge in [-0.3, -0.25) is 4.79 Å². The van der Waals surface area contributed by atoms with Gasteiger partial charge in [0.05, 0.1) is 18.4 Å². The van der Waals surface area contributed by atoms with Gasteiger partial charge in [-0.1, -0.05) is 11.6 Å². The van der Waals surface area contributed by atoms with Crippen molar-refractivity contribution in [1.29, 1.82) is 0 Å². The van der Waals surface area contributed by atoms with Crippen molar-refractivity contribution < 1.29 is 18.7 Å². The number of ether oxygens (including phenoxy) is 2. The molecule has 2 aromatic heterocycles. The number of likely N-dealkylation sites (N-methyl/N-ethyl adjacent to an activating group) is 1. The van der Waals surface area contributed by atoms with Crippen LogP contribution >= 0.6 is 11.6 Å². The summed E-state index contributed by atoms with van der Waals surface area (Å²) >= 11 is 5.91. The van der Waals surface area contributed by atoms with Gasteiger partial charge in [0.2, 0.25) is 0 Å². The van der Waals surface area contributed by atoms with Gasteiger partial charge in [-0.2, -0.15) is 9.97 Å². The van der Waals surface area contributed by atoms with Crippen LogP contribution in [0.4, 0.5) is 10.2 Å². The van der Waals surface area contributed by atoms with Crippen molar-refractivity contribution in [2.24, 2.45) is 5.92 Å². The van der Waals surface area contributed by atoms with E-state index in [2.05, 4.69) is 26.9 Å². The summed E-state index contributed by atoms with van der Waals surface area (Å²) in [5, 5.41) is 0.240. The predicted molar refractivity (Wildman–Crippen MR) is 115 cm³/mol. The van der Waals surface area contributed by atoms with Gasteiger partial charge in [0.15, 0.2) is 11.0 Å². The average molecular weight is 452 g/mol. The summed E-state index contributed by atoms with van der Waals surface area (Å²) in [6.07, 6.45) is 5.82. The van der Waals surface area contributed by atoms with Gasteiger partial charge in [-0.15, -0.1) is 0 Å². The number of halogens is 2. The highest BCUT2D eigenvalue weighted by Gasteiger charge is 2.27. The topological polar surface area (TPSA) is 80.7 Å². The molecule has 31 heavy (non-hydrogen) atoms. The zero-order valence-electron chi connectivity index (χ0n) is 17.8. The van der Waals surface area contributed by atoms with E-state index in [1.807, 2.05) is 4.90 Å². The molecule has 8 nitrogen and oxygen atoms in total. The lowest BCUT2D eigenvalue weighted by atomic mass is 10.0. The van der Waals surface area contributed by atoms with Crippen LogP contribution in [-0.4, -0.2) is 72.3 Å². The summed E-state index contributed by atoms with van der Waals surface area (Å²) < 4.78 is 25.6. The number of likely N-dealkylation sites (tertiary alicyclic amines) is 1. The van der Waals surface area contributed by atoms with Gasteiger partial charge >= 0.3 is 12.0 Å². The molecule has 2 saturated heterocycles. The summed E-state index contributed by atoms with van der Waals surface area (Å²) in [5.41, 5.74) is 0.0912. The van der Waals surface area contributed by atoms with E-state index in [4.69, 9.17) is 21.1 Å². The predicted octanol–water partition coefficient (Wildman–Crippen LogP) is 3.07. The monoisotopic (exact) mass is 451 g/mol. The number of hydrogen-bond donors (Lipinski definition) is 0. The Labute approximate surface area is 185 Å². The minimum Gasteiger partial charge on any atom is -0.469 e. The Kier molecular flexibility index (Phi) is 6.71. The molecular formula is C21H27ClFN5O3. The first-order valence-electron chi connectivity index (χ1n) is 10.7. The van der Waals surface area contributed by atoms with Gasteiger partial charge in [-0.25, -0.2) is 9.37 Å². The highest BCUT2D eigenvalue weighted by molar-refractivity contribution is 6.30. The molecule has 4 heterocycles. The van der Waals surface area contributed by atoms with Crippen LogP contribution in [0, 0.1) is 11.7 Å². The fourth-order valence-electron chi connectivity index (χ4n) is 4.38. The van der Waals surface area contributed by atoms with Crippen molar-refractivity contribution in [2.75, 3.05) is 45.3 Å². The number of methoxy groups -OCH3 is 1. The van der Waals surface area contributed by atoms with Gasteiger partial charge in [0, 0.05) is 25.3 Å². The summed E-state index contributed by atoms with van der Waals surface area (Å²) in [6.45, 7) is 2.73. The van der Waals surface area contributed by atoms with E-state index in [-0.39, 0.29) is 34.6 Å². The minimum absolute atomic E-state index is 0.0912. The summed E-state index contributed by atoms with van der Waals surface area (Å²) in [6, 6.07) is 0.408. The number of aromatic nitrogens is 3. The second-order valence-electron chi connectivity index (χ2n) is 8.18. The zero-order chi connectivity index (χ0) is 22.0. The van der Waals surface area contributed by atoms with Crippen molar-refractivity contribution in [1.82, 2.24) is 19.9 Å². The quantitative estimate of drug-likeness (QED) is 0.507. The molecule has 0 aliphatic carbocycles. The summed E-state index contributed by atoms with van der Waals surface area (Å²) in [7, 11) is 3.47. The number of hydrogen-bond acceptors (Lipinski definition) is 8. The molecular weight excluding hydrogens is 425 g/mol. The molecule has 0 amide bonds. The number of nitrogens with zero attached hydrogens (tertiary/aromatic N) is 5. The zero-order valence-corrected chi connectivity index (χ0v) is 18.6. The molecule has 2 aromatic rings. The highest BCUT2D eigenvalue weighted by atomic mass is 35.5. The normalized spacial score (nSPS) is 22.5. The van der Waals surface area contributed by atoms with E-state index < -0.39 is 5.82 Å². The Morgan fingerprint density at radius 3 is 2.77 bits per heavy atom. The van der Waals surface area contributed by atoms with Gasteiger partial charge < -0.3 is 19.3 Å². The molecule has 2 atom stereocenters. The maximum absolute atomic E-state index is 14.8. The van der Waals surface area contributed by atoms with Gasteiger partial charge in [0.1, 0.15) is 17.9 Å². The smallest absolute Gasteiger partial charge is 0.319 e. The Hall–Kier alpha value is -2.26. The molecule has 0 saturated carbocycles. The first-order valence-corrected chi connectivity index (χ1v) is 11.0. The Morgan fingerprint density at radius 2 is 2.03 bits per heavy atom. The first kappa shape index (κ1) is 22.0. The van der Waals surface area contributed by atoms with Gasteiger partial charge in [0.25, 0.3) is 0 Å². The third kappa shape index (κ3) is 4.67. The molecule has 168 valence electrons. The van der Waals surface area contributed by atoms with Crippen LogP contribution in [0.3, 0.4) is 0 Å². The third-order valence-corrected chi connectivity index (χ3v) is 6.50. The number of carbonyl (C=O) groups excluding carboxylic acids is 1. The van der Waals surface area contributed by atoms with Crippen LogP contribution in [-0.2, 0) is 9.53 Å². The summed E-state index contributed by atoms with van der Waals surface area (Å²) in [4.78, 5) is 29.1. The molecule has 0 aromatic carbocycles. The molecule has 0 spiro atoms. The minimum atomic E-state index is -0.687.